The van der Waals surface area contributed by atoms with E-state index in [0.29, 0.717) is 0 Å². The molecule has 0 aromatic heterocycles. The summed E-state index contributed by atoms with van der Waals surface area (Å²) in [5.74, 6) is -0.452. The molecule has 20 heavy (non-hydrogen) atoms. The van der Waals surface area contributed by atoms with E-state index in [1.165, 1.54) is 4.90 Å². The number of halogens is 3. The second kappa shape index (κ2) is 4.63. The van der Waals surface area contributed by atoms with Crippen molar-refractivity contribution in [3.63, 3.8) is 0 Å². The molecule has 0 aromatic rings. The van der Waals surface area contributed by atoms with Crippen molar-refractivity contribution in [2.45, 2.75) is 50.4 Å². The van der Waals surface area contributed by atoms with Crippen LogP contribution in [0.4, 0.5) is 13.2 Å². The molecule has 4 nitrogen and oxygen atoms in total. The summed E-state index contributed by atoms with van der Waals surface area (Å²) >= 11 is 0. The molecule has 2 atom stereocenters. The minimum absolute atomic E-state index is 0.0346. The van der Waals surface area contributed by atoms with Gasteiger partial charge in [-0.15, -0.1) is 0 Å². The normalized spacial score (nSPS) is 31.4. The Morgan fingerprint density at radius 3 is 2.20 bits per heavy atom. The number of nitrogens with zero attached hydrogens (tertiary/aromatic N) is 1. The Labute approximate surface area is 114 Å². The van der Waals surface area contributed by atoms with E-state index in [9.17, 15) is 22.8 Å². The first-order chi connectivity index (χ1) is 9.37. The van der Waals surface area contributed by atoms with Crippen LogP contribution < -0.4 is 5.32 Å². The van der Waals surface area contributed by atoms with Gasteiger partial charge in [-0.2, -0.15) is 13.2 Å². The fourth-order valence-electron chi connectivity index (χ4n) is 2.88. The van der Waals surface area contributed by atoms with Gasteiger partial charge in [0.2, 0.25) is 11.8 Å². The van der Waals surface area contributed by atoms with Gasteiger partial charge in [0.1, 0.15) is 12.1 Å². The first-order valence-corrected chi connectivity index (χ1v) is 7.04. The summed E-state index contributed by atoms with van der Waals surface area (Å²) in [5, 5.41) is 2.72. The highest BCUT2D eigenvalue weighted by Crippen LogP contribution is 2.40. The number of nitrogens with one attached hydrogen (secondary N) is 1. The lowest BCUT2D eigenvalue weighted by Crippen LogP contribution is -2.65. The van der Waals surface area contributed by atoms with Gasteiger partial charge >= 0.3 is 6.18 Å². The summed E-state index contributed by atoms with van der Waals surface area (Å²) in [7, 11) is 0. The smallest absolute Gasteiger partial charge is 0.342 e. The quantitative estimate of drug-likeness (QED) is 0.852. The Bertz CT molecular complexity index is 430. The van der Waals surface area contributed by atoms with Crippen LogP contribution >= 0.6 is 0 Å². The Kier molecular flexibility index (Phi) is 3.17. The van der Waals surface area contributed by atoms with Gasteiger partial charge in [0.05, 0.1) is 6.42 Å². The molecule has 2 amide bonds. The van der Waals surface area contributed by atoms with Crippen LogP contribution in [0, 0.1) is 11.8 Å². The lowest BCUT2D eigenvalue weighted by atomic mass is 10.00. The predicted molar refractivity (Wildman–Crippen MR) is 63.6 cm³/mol. The van der Waals surface area contributed by atoms with Crippen molar-refractivity contribution in [3.8, 4) is 0 Å². The molecule has 2 saturated carbocycles. The number of alkyl halides is 3. The molecule has 1 heterocycles. The minimum Gasteiger partial charge on any atom is -0.342 e. The molecule has 7 heteroatoms. The number of piperazine rings is 1. The molecular weight excluding hydrogens is 273 g/mol. The van der Waals surface area contributed by atoms with Gasteiger partial charge in [-0.3, -0.25) is 9.59 Å². The summed E-state index contributed by atoms with van der Waals surface area (Å²) in [5.41, 5.74) is 0. The lowest BCUT2D eigenvalue weighted by Gasteiger charge is -2.39. The molecular formula is C13H17F3N2O2. The molecule has 0 spiro atoms. The van der Waals surface area contributed by atoms with Crippen LogP contribution in [0.5, 0.6) is 0 Å². The fourth-order valence-corrected chi connectivity index (χ4v) is 2.88. The topological polar surface area (TPSA) is 49.4 Å². The maximum absolute atomic E-state index is 12.4. The molecule has 1 N–H and O–H groups in total. The third-order valence-corrected chi connectivity index (χ3v) is 4.25. The third-order valence-electron chi connectivity index (χ3n) is 4.25. The summed E-state index contributed by atoms with van der Waals surface area (Å²) < 4.78 is 37.2. The zero-order valence-corrected chi connectivity index (χ0v) is 10.9. The van der Waals surface area contributed by atoms with E-state index >= 15 is 0 Å². The summed E-state index contributed by atoms with van der Waals surface area (Å²) in [6.07, 6.45) is -2.02. The third kappa shape index (κ3) is 2.76. The van der Waals surface area contributed by atoms with Crippen LogP contribution in [-0.2, 0) is 9.59 Å². The van der Waals surface area contributed by atoms with Gasteiger partial charge in [-0.25, -0.2) is 0 Å². The average molecular weight is 290 g/mol. The van der Waals surface area contributed by atoms with Gasteiger partial charge < -0.3 is 10.2 Å². The Morgan fingerprint density at radius 2 is 1.70 bits per heavy atom. The van der Waals surface area contributed by atoms with Crippen molar-refractivity contribution in [1.82, 2.24) is 10.2 Å². The van der Waals surface area contributed by atoms with Crippen molar-refractivity contribution in [1.29, 1.82) is 0 Å². The Hall–Kier alpha value is -1.27. The summed E-state index contributed by atoms with van der Waals surface area (Å²) in [6, 6.07) is -1.30. The number of rotatable bonds is 4. The summed E-state index contributed by atoms with van der Waals surface area (Å²) in [6.45, 7) is -0.403. The zero-order valence-electron chi connectivity index (χ0n) is 10.9. The van der Waals surface area contributed by atoms with E-state index in [4.69, 9.17) is 0 Å². The van der Waals surface area contributed by atoms with Crippen molar-refractivity contribution in [2.24, 2.45) is 11.8 Å². The number of carbonyl (C=O) groups excluding carboxylic acids is 2. The van der Waals surface area contributed by atoms with Crippen molar-refractivity contribution >= 4 is 11.8 Å². The molecule has 0 radical (unpaired) electrons. The molecule has 2 aliphatic carbocycles. The Morgan fingerprint density at radius 1 is 1.10 bits per heavy atom. The van der Waals surface area contributed by atoms with E-state index in [1.807, 2.05) is 0 Å². The Balaban J connectivity index is 1.75. The van der Waals surface area contributed by atoms with Crippen LogP contribution in [0.1, 0.15) is 32.1 Å². The highest BCUT2D eigenvalue weighted by atomic mass is 19.4. The van der Waals surface area contributed by atoms with E-state index in [-0.39, 0.29) is 23.7 Å². The number of carbonyl (C=O) groups is 2. The van der Waals surface area contributed by atoms with E-state index in [2.05, 4.69) is 5.32 Å². The standard InChI is InChI=1S/C13H17F3N2O2/c14-13(15,16)5-6-18-10(8-3-4-8)11(19)17-9(12(18)20)7-1-2-7/h7-10H,1-6H2,(H,17,19). The molecule has 0 bridgehead atoms. The zero-order chi connectivity index (χ0) is 14.5. The van der Waals surface area contributed by atoms with Crippen LogP contribution in [0.25, 0.3) is 0 Å². The number of hydrogen-bond donors (Lipinski definition) is 1. The van der Waals surface area contributed by atoms with Gasteiger partial charge in [0, 0.05) is 6.54 Å². The minimum atomic E-state index is -4.31. The lowest BCUT2D eigenvalue weighted by molar-refractivity contribution is -0.159. The molecule has 112 valence electrons. The van der Waals surface area contributed by atoms with E-state index in [0.717, 1.165) is 25.7 Å². The number of amides is 2. The molecule has 1 aliphatic heterocycles. The van der Waals surface area contributed by atoms with E-state index < -0.39 is 31.2 Å². The highest BCUT2D eigenvalue weighted by Gasteiger charge is 2.51. The molecule has 0 aromatic carbocycles. The molecule has 2 unspecified atom stereocenters. The van der Waals surface area contributed by atoms with Crippen molar-refractivity contribution in [3.05, 3.63) is 0 Å². The van der Waals surface area contributed by atoms with Gasteiger partial charge in [-0.05, 0) is 37.5 Å². The highest BCUT2D eigenvalue weighted by molar-refractivity contribution is 5.97. The van der Waals surface area contributed by atoms with Crippen LogP contribution in [0.15, 0.2) is 0 Å². The second-order valence-corrected chi connectivity index (χ2v) is 6.00. The van der Waals surface area contributed by atoms with Gasteiger partial charge in [-0.1, -0.05) is 0 Å². The van der Waals surface area contributed by atoms with Crippen LogP contribution in [-0.4, -0.2) is 41.5 Å². The average Bonchev–Trinajstić information content (AvgIpc) is 3.21. The molecule has 3 fully saturated rings. The predicted octanol–water partition coefficient (Wildman–Crippen LogP) is 1.45. The summed E-state index contributed by atoms with van der Waals surface area (Å²) in [4.78, 5) is 25.7. The van der Waals surface area contributed by atoms with Crippen molar-refractivity contribution in [2.75, 3.05) is 6.54 Å². The monoisotopic (exact) mass is 290 g/mol. The molecule has 3 rings (SSSR count). The first-order valence-electron chi connectivity index (χ1n) is 7.04. The SMILES string of the molecule is O=C1NC(C2CC2)C(=O)N(CCC(F)(F)F)C1C1CC1. The molecule has 1 saturated heterocycles. The fraction of sp³-hybridized carbons (Fsp3) is 0.846. The van der Waals surface area contributed by atoms with Crippen LogP contribution in [0.2, 0.25) is 0 Å². The maximum atomic E-state index is 12.4. The first kappa shape index (κ1) is 13.7. The van der Waals surface area contributed by atoms with Gasteiger partial charge in [0.15, 0.2) is 0 Å². The second-order valence-electron chi connectivity index (χ2n) is 6.00. The van der Waals surface area contributed by atoms with Crippen molar-refractivity contribution < 1.29 is 22.8 Å². The van der Waals surface area contributed by atoms with E-state index in [1.54, 1.807) is 0 Å². The number of hydrogen-bond acceptors (Lipinski definition) is 2. The largest absolute Gasteiger partial charge is 0.390 e. The van der Waals surface area contributed by atoms with Gasteiger partial charge in [0.25, 0.3) is 0 Å². The van der Waals surface area contributed by atoms with Crippen LogP contribution in [0.3, 0.4) is 0 Å². The molecule has 3 aliphatic rings. The maximum Gasteiger partial charge on any atom is 0.390 e.